The van der Waals surface area contributed by atoms with Gasteiger partial charge in [0, 0.05) is 28.6 Å². The molecule has 98 valence electrons. The number of methoxy groups -OCH3 is 1. The standard InChI is InChI=1S/C13H19N3OS/c1-4-14-13(10-7-15-16(5-2)8-10)12-6-11(17-3)9-18-12/h6-9,13-14H,4-5H2,1-3H3. The van der Waals surface area contributed by atoms with Gasteiger partial charge in [0.25, 0.3) is 0 Å². The first-order chi connectivity index (χ1) is 8.78. The molecule has 0 saturated heterocycles. The molecular formula is C13H19N3OS. The molecule has 5 heteroatoms. The van der Waals surface area contributed by atoms with Crippen molar-refractivity contribution in [2.75, 3.05) is 13.7 Å². The van der Waals surface area contributed by atoms with Crippen LogP contribution < -0.4 is 10.1 Å². The molecule has 1 N–H and O–H groups in total. The Bertz CT molecular complexity index is 450. The Morgan fingerprint density at radius 2 is 2.33 bits per heavy atom. The number of thiophene rings is 1. The van der Waals surface area contributed by atoms with Crippen LogP contribution in [0.25, 0.3) is 0 Å². The summed E-state index contributed by atoms with van der Waals surface area (Å²) in [6, 6.07) is 2.28. The minimum Gasteiger partial charge on any atom is -0.496 e. The van der Waals surface area contributed by atoms with E-state index in [1.807, 2.05) is 16.3 Å². The minimum atomic E-state index is 0.198. The second-order valence-corrected chi connectivity index (χ2v) is 4.95. The van der Waals surface area contributed by atoms with Crippen molar-refractivity contribution in [3.63, 3.8) is 0 Å². The van der Waals surface area contributed by atoms with Crippen LogP contribution in [0.1, 0.15) is 30.3 Å². The predicted octanol–water partition coefficient (Wildman–Crippen LogP) is 2.67. The molecule has 1 unspecified atom stereocenters. The molecule has 0 aliphatic heterocycles. The number of ether oxygens (including phenoxy) is 1. The summed E-state index contributed by atoms with van der Waals surface area (Å²) in [6.45, 7) is 6.02. The fourth-order valence-electron chi connectivity index (χ4n) is 1.88. The molecule has 0 saturated carbocycles. The molecule has 0 amide bonds. The van der Waals surface area contributed by atoms with Crippen molar-refractivity contribution in [3.8, 4) is 5.75 Å². The van der Waals surface area contributed by atoms with Crippen LogP contribution in [0, 0.1) is 0 Å². The zero-order valence-corrected chi connectivity index (χ0v) is 11.8. The highest BCUT2D eigenvalue weighted by atomic mass is 32.1. The van der Waals surface area contributed by atoms with Gasteiger partial charge in [0.05, 0.1) is 19.3 Å². The maximum absolute atomic E-state index is 5.25. The van der Waals surface area contributed by atoms with Gasteiger partial charge in [-0.3, -0.25) is 4.68 Å². The lowest BCUT2D eigenvalue weighted by Gasteiger charge is -2.14. The van der Waals surface area contributed by atoms with E-state index >= 15 is 0 Å². The van der Waals surface area contributed by atoms with Gasteiger partial charge in [-0.2, -0.15) is 5.10 Å². The van der Waals surface area contributed by atoms with Crippen molar-refractivity contribution in [2.24, 2.45) is 0 Å². The van der Waals surface area contributed by atoms with Crippen LogP contribution in [0.4, 0.5) is 0 Å². The molecular weight excluding hydrogens is 246 g/mol. The molecule has 2 aromatic rings. The van der Waals surface area contributed by atoms with Gasteiger partial charge in [0.2, 0.25) is 0 Å². The lowest BCUT2D eigenvalue weighted by atomic mass is 10.1. The molecule has 1 atom stereocenters. The van der Waals surface area contributed by atoms with E-state index in [1.165, 1.54) is 10.4 Å². The van der Waals surface area contributed by atoms with Crippen LogP contribution in [-0.4, -0.2) is 23.4 Å². The second-order valence-electron chi connectivity index (χ2n) is 4.01. The van der Waals surface area contributed by atoms with Gasteiger partial charge in [0.1, 0.15) is 5.75 Å². The number of rotatable bonds is 6. The third kappa shape index (κ3) is 2.73. The first-order valence-electron chi connectivity index (χ1n) is 6.16. The smallest absolute Gasteiger partial charge is 0.129 e. The Labute approximate surface area is 112 Å². The molecule has 18 heavy (non-hydrogen) atoms. The maximum Gasteiger partial charge on any atom is 0.129 e. The molecule has 0 spiro atoms. The number of nitrogens with one attached hydrogen (secondary N) is 1. The molecule has 0 radical (unpaired) electrons. The lowest BCUT2D eigenvalue weighted by Crippen LogP contribution is -2.20. The van der Waals surface area contributed by atoms with E-state index in [4.69, 9.17) is 4.74 Å². The molecule has 2 rings (SSSR count). The Hall–Kier alpha value is -1.33. The van der Waals surface area contributed by atoms with Gasteiger partial charge >= 0.3 is 0 Å². The van der Waals surface area contributed by atoms with E-state index in [9.17, 15) is 0 Å². The van der Waals surface area contributed by atoms with Crippen molar-refractivity contribution in [2.45, 2.75) is 26.4 Å². The number of nitrogens with zero attached hydrogens (tertiary/aromatic N) is 2. The largest absolute Gasteiger partial charge is 0.496 e. The van der Waals surface area contributed by atoms with E-state index < -0.39 is 0 Å². The molecule has 4 nitrogen and oxygen atoms in total. The highest BCUT2D eigenvalue weighted by Gasteiger charge is 2.17. The van der Waals surface area contributed by atoms with Crippen molar-refractivity contribution in [1.29, 1.82) is 0 Å². The summed E-state index contributed by atoms with van der Waals surface area (Å²) in [5.74, 6) is 0.917. The Balaban J connectivity index is 2.26. The number of hydrogen-bond acceptors (Lipinski definition) is 4. The number of aryl methyl sites for hydroxylation is 1. The van der Waals surface area contributed by atoms with Crippen molar-refractivity contribution >= 4 is 11.3 Å². The molecule has 0 aliphatic carbocycles. The predicted molar refractivity (Wildman–Crippen MR) is 74.3 cm³/mol. The summed E-state index contributed by atoms with van der Waals surface area (Å²) in [5.41, 5.74) is 1.20. The van der Waals surface area contributed by atoms with Crippen LogP contribution in [0.2, 0.25) is 0 Å². The van der Waals surface area contributed by atoms with Gasteiger partial charge in [-0.15, -0.1) is 11.3 Å². The van der Waals surface area contributed by atoms with Crippen LogP contribution in [0.5, 0.6) is 5.75 Å². The Kier molecular flexibility index (Phi) is 4.38. The van der Waals surface area contributed by atoms with Gasteiger partial charge in [0.15, 0.2) is 0 Å². The van der Waals surface area contributed by atoms with Crippen molar-refractivity contribution in [3.05, 3.63) is 34.3 Å². The Morgan fingerprint density at radius 3 is 2.89 bits per heavy atom. The molecule has 0 aliphatic rings. The summed E-state index contributed by atoms with van der Waals surface area (Å²) < 4.78 is 7.20. The fourth-order valence-corrected chi connectivity index (χ4v) is 2.84. The molecule has 2 aromatic heterocycles. The highest BCUT2D eigenvalue weighted by Crippen LogP contribution is 2.30. The zero-order valence-electron chi connectivity index (χ0n) is 11.0. The normalized spacial score (nSPS) is 12.6. The molecule has 0 fully saturated rings. The summed E-state index contributed by atoms with van der Waals surface area (Å²) in [5, 5.41) is 9.86. The average Bonchev–Trinajstić information content (AvgIpc) is 3.04. The van der Waals surface area contributed by atoms with Crippen LogP contribution >= 0.6 is 11.3 Å². The monoisotopic (exact) mass is 265 g/mol. The molecule has 0 aromatic carbocycles. The third-order valence-electron chi connectivity index (χ3n) is 2.83. The highest BCUT2D eigenvalue weighted by molar-refractivity contribution is 7.10. The van der Waals surface area contributed by atoms with Gasteiger partial charge < -0.3 is 10.1 Å². The topological polar surface area (TPSA) is 39.1 Å². The summed E-state index contributed by atoms with van der Waals surface area (Å²) in [4.78, 5) is 1.25. The van der Waals surface area contributed by atoms with E-state index in [-0.39, 0.29) is 6.04 Å². The first kappa shape index (κ1) is 13.1. The van der Waals surface area contributed by atoms with E-state index in [2.05, 4.69) is 36.5 Å². The quantitative estimate of drug-likeness (QED) is 0.873. The van der Waals surface area contributed by atoms with Crippen LogP contribution in [-0.2, 0) is 6.54 Å². The molecule has 2 heterocycles. The maximum atomic E-state index is 5.25. The Morgan fingerprint density at radius 1 is 1.50 bits per heavy atom. The number of aromatic nitrogens is 2. The van der Waals surface area contributed by atoms with Crippen molar-refractivity contribution < 1.29 is 4.74 Å². The van der Waals surface area contributed by atoms with E-state index in [0.29, 0.717) is 0 Å². The minimum absolute atomic E-state index is 0.198. The number of hydrogen-bond donors (Lipinski definition) is 1. The third-order valence-corrected chi connectivity index (χ3v) is 3.81. The van der Waals surface area contributed by atoms with Gasteiger partial charge in [-0.05, 0) is 19.5 Å². The average molecular weight is 265 g/mol. The summed E-state index contributed by atoms with van der Waals surface area (Å²) >= 11 is 1.71. The van der Waals surface area contributed by atoms with E-state index in [0.717, 1.165) is 18.8 Å². The van der Waals surface area contributed by atoms with Crippen molar-refractivity contribution in [1.82, 2.24) is 15.1 Å². The summed E-state index contributed by atoms with van der Waals surface area (Å²) in [6.07, 6.45) is 4.03. The van der Waals surface area contributed by atoms with Gasteiger partial charge in [-0.1, -0.05) is 6.92 Å². The summed E-state index contributed by atoms with van der Waals surface area (Å²) in [7, 11) is 1.70. The SMILES string of the molecule is CCNC(c1cnn(CC)c1)c1cc(OC)cs1. The van der Waals surface area contributed by atoms with Crippen LogP contribution in [0.3, 0.4) is 0 Å². The van der Waals surface area contributed by atoms with Gasteiger partial charge in [-0.25, -0.2) is 0 Å². The lowest BCUT2D eigenvalue weighted by molar-refractivity contribution is 0.416. The second kappa shape index (κ2) is 6.02. The zero-order chi connectivity index (χ0) is 13.0. The van der Waals surface area contributed by atoms with E-state index in [1.54, 1.807) is 18.4 Å². The first-order valence-corrected chi connectivity index (χ1v) is 7.04. The van der Waals surface area contributed by atoms with Crippen LogP contribution in [0.15, 0.2) is 23.8 Å². The fraction of sp³-hybridized carbons (Fsp3) is 0.462. The molecule has 0 bridgehead atoms.